The van der Waals surface area contributed by atoms with Crippen LogP contribution < -0.4 is 4.90 Å². The summed E-state index contributed by atoms with van der Waals surface area (Å²) < 4.78 is 0. The minimum Gasteiger partial charge on any atom is -0.371 e. The first-order valence-electron chi connectivity index (χ1n) is 14.0. The summed E-state index contributed by atoms with van der Waals surface area (Å²) in [6, 6.07) is 9.54. The van der Waals surface area contributed by atoms with Gasteiger partial charge in [-0.05, 0) is 119 Å². The summed E-state index contributed by atoms with van der Waals surface area (Å²) in [6.07, 6.45) is 13.7. The van der Waals surface area contributed by atoms with Gasteiger partial charge >= 0.3 is 0 Å². The van der Waals surface area contributed by atoms with Gasteiger partial charge in [-0.15, -0.1) is 0 Å². The molecule has 1 aliphatic heterocycles. The molecule has 0 amide bonds. The predicted molar refractivity (Wildman–Crippen MR) is 140 cm³/mol. The van der Waals surface area contributed by atoms with E-state index < -0.39 is 0 Å². The van der Waals surface area contributed by atoms with E-state index in [1.54, 1.807) is 12.5 Å². The second kappa shape index (κ2) is 7.95. The van der Waals surface area contributed by atoms with Crippen LogP contribution in [-0.4, -0.2) is 43.4 Å². The van der Waals surface area contributed by atoms with Crippen molar-refractivity contribution in [2.24, 2.45) is 34.5 Å². The summed E-state index contributed by atoms with van der Waals surface area (Å²) in [6.45, 7) is 8.15. The van der Waals surface area contributed by atoms with Crippen LogP contribution in [0.5, 0.6) is 0 Å². The standard InChI is InChI=1S/C31H44N2O/c1-20-27-11-12-29-26-10-9-23-18-25(33(5)24-8-6-7-22(17-24)21(2)34)13-15-30(23,3)28(26)14-16-31(27,29)19-32(20)4/h6-9,17,20,25-29H,10-16,18-19H2,1-5H3. The van der Waals surface area contributed by atoms with Crippen LogP contribution in [0.25, 0.3) is 0 Å². The number of rotatable bonds is 3. The Morgan fingerprint density at radius 3 is 2.68 bits per heavy atom. The Labute approximate surface area is 207 Å². The highest BCUT2D eigenvalue weighted by Gasteiger charge is 2.64. The van der Waals surface area contributed by atoms with E-state index in [4.69, 9.17) is 0 Å². The Hall–Kier alpha value is -1.61. The predicted octanol–water partition coefficient (Wildman–Crippen LogP) is 6.59. The molecule has 5 aliphatic rings. The monoisotopic (exact) mass is 460 g/mol. The zero-order valence-corrected chi connectivity index (χ0v) is 22.0. The molecule has 1 aromatic carbocycles. The van der Waals surface area contributed by atoms with Gasteiger partial charge in [0.1, 0.15) is 0 Å². The number of likely N-dealkylation sites (tertiary alicyclic amines) is 1. The lowest BCUT2D eigenvalue weighted by Gasteiger charge is -2.58. The van der Waals surface area contributed by atoms with E-state index in [0.717, 1.165) is 35.3 Å². The molecule has 1 saturated heterocycles. The van der Waals surface area contributed by atoms with Crippen LogP contribution in [0, 0.1) is 34.5 Å². The van der Waals surface area contributed by atoms with Gasteiger partial charge in [0.05, 0.1) is 0 Å². The van der Waals surface area contributed by atoms with Gasteiger partial charge in [-0.25, -0.2) is 0 Å². The van der Waals surface area contributed by atoms with Gasteiger partial charge in [0.25, 0.3) is 0 Å². The van der Waals surface area contributed by atoms with Crippen molar-refractivity contribution >= 4 is 11.5 Å². The third-order valence-electron chi connectivity index (χ3n) is 11.9. The number of hydrogen-bond acceptors (Lipinski definition) is 3. The van der Waals surface area contributed by atoms with E-state index in [2.05, 4.69) is 56.0 Å². The topological polar surface area (TPSA) is 23.6 Å². The lowest BCUT2D eigenvalue weighted by molar-refractivity contribution is -0.0398. The summed E-state index contributed by atoms with van der Waals surface area (Å²) in [7, 11) is 4.62. The average Bonchev–Trinajstić information content (AvgIpc) is 3.31. The Kier molecular flexibility index (Phi) is 5.34. The molecular weight excluding hydrogens is 416 g/mol. The number of nitrogens with zero attached hydrogens (tertiary/aromatic N) is 2. The number of carbonyl (C=O) groups excluding carboxylic acids is 1. The fourth-order valence-corrected chi connectivity index (χ4v) is 9.93. The van der Waals surface area contributed by atoms with Crippen LogP contribution in [0.2, 0.25) is 0 Å². The van der Waals surface area contributed by atoms with Crippen molar-refractivity contribution in [3.63, 3.8) is 0 Å². The van der Waals surface area contributed by atoms with Crippen molar-refractivity contribution in [3.8, 4) is 0 Å². The molecule has 0 aromatic heterocycles. The van der Waals surface area contributed by atoms with E-state index in [0.29, 0.717) is 16.9 Å². The van der Waals surface area contributed by atoms with Gasteiger partial charge in [-0.3, -0.25) is 4.79 Å². The Morgan fingerprint density at radius 2 is 1.88 bits per heavy atom. The fourth-order valence-electron chi connectivity index (χ4n) is 9.93. The zero-order valence-electron chi connectivity index (χ0n) is 22.0. The highest BCUT2D eigenvalue weighted by atomic mass is 16.1. The van der Waals surface area contributed by atoms with Crippen LogP contribution in [0.1, 0.15) is 82.5 Å². The first-order chi connectivity index (χ1) is 16.2. The van der Waals surface area contributed by atoms with Crippen LogP contribution in [0.3, 0.4) is 0 Å². The number of hydrogen-bond donors (Lipinski definition) is 0. The smallest absolute Gasteiger partial charge is 0.159 e. The molecule has 3 nitrogen and oxygen atoms in total. The first-order valence-corrected chi connectivity index (χ1v) is 14.0. The number of carbonyl (C=O) groups is 1. The molecule has 1 aromatic rings. The highest BCUT2D eigenvalue weighted by molar-refractivity contribution is 5.95. The first kappa shape index (κ1) is 22.8. The molecule has 8 atom stereocenters. The molecule has 8 unspecified atom stereocenters. The lowest BCUT2D eigenvalue weighted by Crippen LogP contribution is -2.52. The maximum Gasteiger partial charge on any atom is 0.159 e. The molecule has 34 heavy (non-hydrogen) atoms. The summed E-state index contributed by atoms with van der Waals surface area (Å²) >= 11 is 0. The van der Waals surface area contributed by atoms with Crippen molar-refractivity contribution in [3.05, 3.63) is 41.5 Å². The molecule has 4 aliphatic carbocycles. The van der Waals surface area contributed by atoms with Gasteiger partial charge in [-0.1, -0.05) is 30.7 Å². The molecule has 4 fully saturated rings. The summed E-state index contributed by atoms with van der Waals surface area (Å²) in [5, 5.41) is 0. The Balaban J connectivity index is 1.23. The van der Waals surface area contributed by atoms with Gasteiger partial charge in [-0.2, -0.15) is 0 Å². The normalized spacial score (nSPS) is 43.4. The maximum atomic E-state index is 11.9. The summed E-state index contributed by atoms with van der Waals surface area (Å²) in [5.74, 6) is 3.84. The second-order valence-electron chi connectivity index (χ2n) is 13.0. The quantitative estimate of drug-likeness (QED) is 0.376. The summed E-state index contributed by atoms with van der Waals surface area (Å²) in [5.41, 5.74) is 4.78. The number of Topliss-reactive ketones (excluding diaryl/α,β-unsaturated/α-hetero) is 1. The van der Waals surface area contributed by atoms with Gasteiger partial charge in [0.2, 0.25) is 0 Å². The highest BCUT2D eigenvalue weighted by Crippen LogP contribution is 2.68. The van der Waals surface area contributed by atoms with Crippen LogP contribution in [0.4, 0.5) is 5.69 Å². The van der Waals surface area contributed by atoms with Gasteiger partial charge in [0.15, 0.2) is 5.78 Å². The van der Waals surface area contributed by atoms with E-state index >= 15 is 0 Å². The van der Waals surface area contributed by atoms with Crippen molar-refractivity contribution in [1.82, 2.24) is 4.90 Å². The Bertz CT molecular complexity index is 1010. The van der Waals surface area contributed by atoms with Crippen molar-refractivity contribution < 1.29 is 4.79 Å². The van der Waals surface area contributed by atoms with Gasteiger partial charge in [0, 0.05) is 36.9 Å². The van der Waals surface area contributed by atoms with E-state index in [-0.39, 0.29) is 5.78 Å². The number of benzene rings is 1. The minimum atomic E-state index is 0.152. The van der Waals surface area contributed by atoms with E-state index in [9.17, 15) is 4.79 Å². The SMILES string of the molecule is CC(=O)c1cccc(N(C)C2CCC3(C)C(=CCC4C3CCC35CN(C)C(C)C3CCC45)C2)c1. The lowest BCUT2D eigenvalue weighted by atomic mass is 9.47. The number of anilines is 1. The number of fused-ring (bicyclic) bond motifs is 4. The molecule has 0 radical (unpaired) electrons. The second-order valence-corrected chi connectivity index (χ2v) is 13.0. The fraction of sp³-hybridized carbons (Fsp3) is 0.710. The third kappa shape index (κ3) is 3.14. The molecular formula is C31H44N2O. The molecule has 1 spiro atoms. The van der Waals surface area contributed by atoms with E-state index in [1.807, 2.05) is 12.1 Å². The van der Waals surface area contributed by atoms with Crippen LogP contribution in [0.15, 0.2) is 35.9 Å². The molecule has 1 heterocycles. The molecule has 184 valence electrons. The average molecular weight is 461 g/mol. The number of ketones is 1. The van der Waals surface area contributed by atoms with E-state index in [1.165, 1.54) is 63.6 Å². The van der Waals surface area contributed by atoms with Crippen molar-refractivity contribution in [2.75, 3.05) is 25.5 Å². The van der Waals surface area contributed by atoms with Crippen LogP contribution >= 0.6 is 0 Å². The number of allylic oxidation sites excluding steroid dienone is 1. The molecule has 6 rings (SSSR count). The largest absolute Gasteiger partial charge is 0.371 e. The molecule has 3 saturated carbocycles. The Morgan fingerprint density at radius 1 is 1.09 bits per heavy atom. The zero-order chi connectivity index (χ0) is 23.8. The minimum absolute atomic E-state index is 0.152. The van der Waals surface area contributed by atoms with Crippen LogP contribution in [-0.2, 0) is 0 Å². The molecule has 3 heteroatoms. The molecule has 0 bridgehead atoms. The van der Waals surface area contributed by atoms with Crippen molar-refractivity contribution in [2.45, 2.75) is 84.2 Å². The third-order valence-corrected chi connectivity index (χ3v) is 11.9. The van der Waals surface area contributed by atoms with Crippen molar-refractivity contribution in [1.29, 1.82) is 0 Å². The maximum absolute atomic E-state index is 11.9. The van der Waals surface area contributed by atoms with Gasteiger partial charge < -0.3 is 9.80 Å². The summed E-state index contributed by atoms with van der Waals surface area (Å²) in [4.78, 5) is 17.0. The molecule has 0 N–H and O–H groups in total.